The minimum Gasteiger partial charge on any atom is -0.395 e. The molecule has 0 aromatic rings. The number of aliphatic hydroxyl groups excluding tert-OH is 1. The van der Waals surface area contributed by atoms with Crippen LogP contribution < -0.4 is 5.73 Å². The quantitative estimate of drug-likeness (QED) is 0.409. The van der Waals surface area contributed by atoms with E-state index in [1.807, 2.05) is 0 Å². The van der Waals surface area contributed by atoms with Gasteiger partial charge in [-0.2, -0.15) is 0 Å². The van der Waals surface area contributed by atoms with Crippen molar-refractivity contribution in [2.45, 2.75) is 0 Å². The molecule has 0 unspecified atom stereocenters. The highest BCUT2D eigenvalue weighted by atomic mass is 16.5. The van der Waals surface area contributed by atoms with Gasteiger partial charge in [0, 0.05) is 6.54 Å². The third kappa shape index (κ3) is 1.92. The van der Waals surface area contributed by atoms with E-state index in [9.17, 15) is 0 Å². The summed E-state index contributed by atoms with van der Waals surface area (Å²) in [5, 5.41) is 7.75. The zero-order chi connectivity index (χ0) is 3.41. The Morgan fingerprint density at radius 3 is 2.00 bits per heavy atom. The van der Waals surface area contributed by atoms with Crippen LogP contribution in [0.15, 0.2) is 0 Å². The van der Waals surface area contributed by atoms with Crippen LogP contribution in [-0.2, 0) is 0 Å². The highest BCUT2D eigenvalue weighted by molar-refractivity contribution is 4.17. The van der Waals surface area contributed by atoms with Gasteiger partial charge < -0.3 is 10.8 Å². The SMILES string of the molecule is N[14CH2][14CH2]O. The first-order chi connectivity index (χ1) is 1.91. The second-order valence-corrected chi connectivity index (χ2v) is 0.512. The molecule has 0 fully saturated rings. The normalized spacial score (nSPS) is 7.50. The van der Waals surface area contributed by atoms with E-state index in [0.29, 0.717) is 6.54 Å². The van der Waals surface area contributed by atoms with E-state index >= 15 is 0 Å². The molecule has 0 aliphatic carbocycles. The van der Waals surface area contributed by atoms with Gasteiger partial charge in [-0.05, 0) is 0 Å². The summed E-state index contributed by atoms with van der Waals surface area (Å²) in [5.41, 5.74) is 4.78. The first kappa shape index (κ1) is 3.92. The molecule has 0 aliphatic rings. The number of nitrogens with two attached hydrogens (primary N) is 1. The zero-order valence-electron chi connectivity index (χ0n) is 2.44. The molecule has 0 aromatic heterocycles. The molecule has 2 nitrogen and oxygen atoms in total. The lowest BCUT2D eigenvalue weighted by molar-refractivity contribution is 0.306. The highest BCUT2D eigenvalue weighted by Crippen LogP contribution is 1.33. The lowest BCUT2D eigenvalue weighted by Crippen LogP contribution is -2.02. The molecule has 0 atom stereocenters. The summed E-state index contributed by atoms with van der Waals surface area (Å²) in [5.74, 6) is 0. The molecule has 2 heteroatoms. The molecule has 0 aliphatic heterocycles. The minimum absolute atomic E-state index is 0.0972. The predicted molar refractivity (Wildman–Crippen MR) is 16.1 cm³/mol. The van der Waals surface area contributed by atoms with Gasteiger partial charge in [-0.1, -0.05) is 0 Å². The fourth-order valence-corrected chi connectivity index (χ4v) is 0. The van der Waals surface area contributed by atoms with Crippen molar-refractivity contribution in [2.75, 3.05) is 13.2 Å². The Bertz CT molecular complexity index is 8.00. The van der Waals surface area contributed by atoms with Crippen LogP contribution in [0.3, 0.4) is 0 Å². The van der Waals surface area contributed by atoms with Gasteiger partial charge in [-0.15, -0.1) is 0 Å². The Morgan fingerprint density at radius 2 is 2.00 bits per heavy atom. The van der Waals surface area contributed by atoms with Crippen LogP contribution in [0.5, 0.6) is 0 Å². The van der Waals surface area contributed by atoms with E-state index in [0.717, 1.165) is 0 Å². The van der Waals surface area contributed by atoms with Crippen LogP contribution in [0.1, 0.15) is 0 Å². The largest absolute Gasteiger partial charge is 0.395 e. The summed E-state index contributed by atoms with van der Waals surface area (Å²) in [6, 6.07) is 0. The van der Waals surface area contributed by atoms with Crippen LogP contribution in [0.4, 0.5) is 0 Å². The minimum atomic E-state index is 0.0972. The Morgan fingerprint density at radius 1 is 1.75 bits per heavy atom. The maximum atomic E-state index is 7.75. The molecular formula is C2H7NO. The zero-order valence-corrected chi connectivity index (χ0v) is 2.44. The molecule has 26 valence electrons. The standard InChI is InChI=1S/C2H7NO/c3-1-2-4/h4H,1-3H2/i1+2,2+2. The van der Waals surface area contributed by atoms with E-state index in [1.54, 1.807) is 0 Å². The van der Waals surface area contributed by atoms with E-state index < -0.39 is 0 Å². The monoisotopic (exact) mass is 65.1 g/mol. The summed E-state index contributed by atoms with van der Waals surface area (Å²) in [7, 11) is 0. The van der Waals surface area contributed by atoms with Crippen molar-refractivity contribution in [1.82, 2.24) is 0 Å². The number of hydrogen-bond acceptors (Lipinski definition) is 2. The average Bonchev–Trinajstić information content (AvgIpc) is 1.37. The summed E-state index contributed by atoms with van der Waals surface area (Å²) in [4.78, 5) is 0. The molecule has 0 spiro atoms. The first-order valence-electron chi connectivity index (χ1n) is 1.22. The average molecular weight is 65.1 g/mol. The lowest BCUT2D eigenvalue weighted by Gasteiger charge is -1.71. The Hall–Kier alpha value is -0.0800. The highest BCUT2D eigenvalue weighted by Gasteiger charge is 1.56. The fourth-order valence-electron chi connectivity index (χ4n) is 0. The van der Waals surface area contributed by atoms with Crippen LogP contribution in [0.25, 0.3) is 0 Å². The Balaban J connectivity index is 1.97. The molecule has 0 aromatic carbocycles. The van der Waals surface area contributed by atoms with Crippen LogP contribution >= 0.6 is 0 Å². The molecule has 0 amide bonds. The third-order valence-corrected chi connectivity index (χ3v) is 0.129. The summed E-state index contributed by atoms with van der Waals surface area (Å²) in [6.45, 7) is 0.472. The van der Waals surface area contributed by atoms with Gasteiger partial charge >= 0.3 is 0 Å². The van der Waals surface area contributed by atoms with E-state index in [2.05, 4.69) is 0 Å². The van der Waals surface area contributed by atoms with Gasteiger partial charge in [-0.3, -0.25) is 0 Å². The van der Waals surface area contributed by atoms with Crippen LogP contribution in [0.2, 0.25) is 0 Å². The Labute approximate surface area is 25.2 Å². The molecular weight excluding hydrogens is 58.0 g/mol. The molecule has 0 saturated heterocycles. The summed E-state index contributed by atoms with van der Waals surface area (Å²) in [6.07, 6.45) is 0. The van der Waals surface area contributed by atoms with Gasteiger partial charge in [0.05, 0.1) is 6.61 Å². The Kier molecular flexibility index (Phi) is 2.86. The van der Waals surface area contributed by atoms with Crippen molar-refractivity contribution < 1.29 is 5.11 Å². The van der Waals surface area contributed by atoms with Crippen molar-refractivity contribution in [3.63, 3.8) is 0 Å². The smallest absolute Gasteiger partial charge is 0.0553 e. The second kappa shape index (κ2) is 2.92. The molecule has 0 radical (unpaired) electrons. The molecule has 4 heavy (non-hydrogen) atoms. The molecule has 0 rings (SSSR count). The first-order valence-corrected chi connectivity index (χ1v) is 1.22. The van der Waals surface area contributed by atoms with Gasteiger partial charge in [0.1, 0.15) is 0 Å². The fraction of sp³-hybridized carbons (Fsp3) is 1.00. The van der Waals surface area contributed by atoms with Crippen molar-refractivity contribution in [3.05, 3.63) is 0 Å². The van der Waals surface area contributed by atoms with Crippen molar-refractivity contribution >= 4 is 0 Å². The third-order valence-electron chi connectivity index (χ3n) is 0.129. The van der Waals surface area contributed by atoms with E-state index in [1.165, 1.54) is 0 Å². The van der Waals surface area contributed by atoms with Gasteiger partial charge in [0.2, 0.25) is 0 Å². The van der Waals surface area contributed by atoms with Gasteiger partial charge in [0.25, 0.3) is 0 Å². The predicted octanol–water partition coefficient (Wildman–Crippen LogP) is -1.06. The van der Waals surface area contributed by atoms with Gasteiger partial charge in [-0.25, -0.2) is 0 Å². The van der Waals surface area contributed by atoms with Crippen LogP contribution in [-0.4, -0.2) is 18.3 Å². The van der Waals surface area contributed by atoms with Crippen molar-refractivity contribution in [1.29, 1.82) is 0 Å². The summed E-state index contributed by atoms with van der Waals surface area (Å²) < 4.78 is 0. The number of hydrogen-bond donors (Lipinski definition) is 2. The maximum absolute atomic E-state index is 7.75. The maximum Gasteiger partial charge on any atom is 0.0553 e. The van der Waals surface area contributed by atoms with E-state index in [4.69, 9.17) is 10.8 Å². The molecule has 3 N–H and O–H groups in total. The molecule has 0 saturated carbocycles. The van der Waals surface area contributed by atoms with Gasteiger partial charge in [0.15, 0.2) is 0 Å². The van der Waals surface area contributed by atoms with E-state index in [-0.39, 0.29) is 6.61 Å². The molecule has 0 heterocycles. The molecule has 0 bridgehead atoms. The lowest BCUT2D eigenvalue weighted by atomic mass is 12.5. The second-order valence-electron chi connectivity index (χ2n) is 0.512. The van der Waals surface area contributed by atoms with Crippen molar-refractivity contribution in [2.24, 2.45) is 5.73 Å². The van der Waals surface area contributed by atoms with Crippen molar-refractivity contribution in [3.8, 4) is 0 Å². The summed E-state index contributed by atoms with van der Waals surface area (Å²) >= 11 is 0. The van der Waals surface area contributed by atoms with Crippen LogP contribution in [0, 0.1) is 0 Å². The topological polar surface area (TPSA) is 46.2 Å². The number of aliphatic hydroxyl groups is 1. The number of rotatable bonds is 1.